The number of aliphatic hydroxyl groups excluding tert-OH is 1. The first-order valence-electron chi connectivity index (χ1n) is 10.2. The molecule has 3 heterocycles. The van der Waals surface area contributed by atoms with Crippen LogP contribution in [0.2, 0.25) is 0 Å². The number of aliphatic hydroxyl groups is 1. The average molecular weight is 488 g/mol. The average Bonchev–Trinajstić information content (AvgIpc) is 3.20. The second-order valence-corrected chi connectivity index (χ2v) is 9.69. The van der Waals surface area contributed by atoms with Crippen molar-refractivity contribution in [2.45, 2.75) is 37.0 Å². The smallest absolute Gasteiger partial charge is 0.324 e. The lowest BCUT2D eigenvalue weighted by atomic mass is 10.2. The van der Waals surface area contributed by atoms with Crippen molar-refractivity contribution in [2.75, 3.05) is 6.54 Å². The van der Waals surface area contributed by atoms with Gasteiger partial charge in [-0.1, -0.05) is 18.2 Å². The first-order valence-corrected chi connectivity index (χ1v) is 11.6. The molecule has 0 saturated carbocycles. The van der Waals surface area contributed by atoms with E-state index in [0.717, 1.165) is 17.7 Å². The number of fused-ring (bicyclic) bond motifs is 1. The Morgan fingerprint density at radius 1 is 1.29 bits per heavy atom. The Kier molecular flexibility index (Phi) is 6.17. The van der Waals surface area contributed by atoms with E-state index in [0.29, 0.717) is 9.95 Å². The van der Waals surface area contributed by atoms with E-state index in [9.17, 15) is 33.2 Å². The van der Waals surface area contributed by atoms with Crippen molar-refractivity contribution in [3.63, 3.8) is 0 Å². The number of nitrogens with zero attached hydrogens (tertiary/aromatic N) is 4. The van der Waals surface area contributed by atoms with E-state index in [-0.39, 0.29) is 17.7 Å². The molecule has 1 aliphatic rings. The lowest BCUT2D eigenvalue weighted by Gasteiger charge is -2.22. The molecule has 13 heteroatoms. The zero-order valence-corrected chi connectivity index (χ0v) is 18.7. The number of sulfonamides is 1. The Morgan fingerprint density at radius 3 is 2.76 bits per heavy atom. The zero-order chi connectivity index (χ0) is 24.6. The molecule has 34 heavy (non-hydrogen) atoms. The summed E-state index contributed by atoms with van der Waals surface area (Å²) in [5.74, 6) is -0.968. The highest BCUT2D eigenvalue weighted by Crippen LogP contribution is 2.32. The van der Waals surface area contributed by atoms with Crippen molar-refractivity contribution in [3.05, 3.63) is 80.4 Å². The summed E-state index contributed by atoms with van der Waals surface area (Å²) < 4.78 is 33.6. The molecule has 178 valence electrons. The molecule has 1 N–H and O–H groups in total. The van der Waals surface area contributed by atoms with Crippen LogP contribution in [0.15, 0.2) is 58.4 Å². The van der Waals surface area contributed by atoms with E-state index in [1.54, 1.807) is 18.3 Å². The van der Waals surface area contributed by atoms with Crippen LogP contribution in [0.4, 0.5) is 5.69 Å². The number of carbonyl (C=O) groups is 1. The predicted molar refractivity (Wildman–Crippen MR) is 117 cm³/mol. The van der Waals surface area contributed by atoms with Crippen molar-refractivity contribution in [3.8, 4) is 0 Å². The molecule has 1 fully saturated rings. The van der Waals surface area contributed by atoms with Crippen LogP contribution in [-0.4, -0.2) is 56.8 Å². The Morgan fingerprint density at radius 2 is 2.03 bits per heavy atom. The predicted octanol–water partition coefficient (Wildman–Crippen LogP) is 0.778. The van der Waals surface area contributed by atoms with Gasteiger partial charge in [0.05, 0.1) is 16.7 Å². The molecule has 0 amide bonds. The van der Waals surface area contributed by atoms with Crippen molar-refractivity contribution < 1.29 is 28.0 Å². The fourth-order valence-electron chi connectivity index (χ4n) is 3.79. The van der Waals surface area contributed by atoms with Crippen molar-refractivity contribution in [1.82, 2.24) is 13.7 Å². The molecule has 1 aliphatic heterocycles. The highest BCUT2D eigenvalue weighted by molar-refractivity contribution is 7.89. The van der Waals surface area contributed by atoms with Gasteiger partial charge in [0.15, 0.2) is 4.90 Å². The first kappa shape index (κ1) is 23.5. The number of aryl methyl sites for hydroxylation is 1. The second kappa shape index (κ2) is 8.93. The van der Waals surface area contributed by atoms with Gasteiger partial charge in [-0.15, -0.1) is 0 Å². The van der Waals surface area contributed by atoms with Crippen LogP contribution in [0.1, 0.15) is 17.7 Å². The Bertz CT molecular complexity index is 1450. The lowest BCUT2D eigenvalue weighted by molar-refractivity contribution is -0.387. The third-order valence-electron chi connectivity index (χ3n) is 5.38. The van der Waals surface area contributed by atoms with Crippen molar-refractivity contribution >= 4 is 27.3 Å². The molecular weight excluding hydrogens is 468 g/mol. The molecule has 2 unspecified atom stereocenters. The molecule has 3 aromatic rings. The SMILES string of the molecule is Cc1ccc2nc(COC(=O)C3CC(O)CN3S(=O)(=O)c3ccccc3[N+](=O)[O-])cc(=O)n2c1. The molecule has 2 aromatic heterocycles. The highest BCUT2D eigenvalue weighted by atomic mass is 32.2. The minimum atomic E-state index is -4.50. The van der Waals surface area contributed by atoms with Gasteiger partial charge in [-0.05, 0) is 24.6 Å². The summed E-state index contributed by atoms with van der Waals surface area (Å²) in [7, 11) is -4.50. The monoisotopic (exact) mass is 488 g/mol. The van der Waals surface area contributed by atoms with Crippen LogP contribution in [0.25, 0.3) is 5.65 Å². The van der Waals surface area contributed by atoms with Gasteiger partial charge in [-0.2, -0.15) is 4.31 Å². The van der Waals surface area contributed by atoms with Crippen LogP contribution in [0.5, 0.6) is 0 Å². The number of benzene rings is 1. The zero-order valence-electron chi connectivity index (χ0n) is 17.9. The molecule has 4 rings (SSSR count). The Hall–Kier alpha value is -3.68. The summed E-state index contributed by atoms with van der Waals surface area (Å²) >= 11 is 0. The maximum atomic E-state index is 13.2. The maximum Gasteiger partial charge on any atom is 0.324 e. The number of nitro groups is 1. The van der Waals surface area contributed by atoms with E-state index in [1.165, 1.54) is 22.6 Å². The largest absolute Gasteiger partial charge is 0.458 e. The van der Waals surface area contributed by atoms with Crippen LogP contribution in [-0.2, 0) is 26.2 Å². The summed E-state index contributed by atoms with van der Waals surface area (Å²) in [6, 6.07) is 7.95. The lowest BCUT2D eigenvalue weighted by Crippen LogP contribution is -2.41. The van der Waals surface area contributed by atoms with Gasteiger partial charge in [0.1, 0.15) is 18.3 Å². The molecular formula is C21H20N4O8S. The quantitative estimate of drug-likeness (QED) is 0.300. The standard InChI is InChI=1S/C21H20N4O8S/c1-13-6-7-19-22-14(8-20(27)23(19)10-13)12-33-21(28)17-9-15(26)11-24(17)34(31,32)18-5-3-2-4-16(18)25(29)30/h2-8,10,15,17,26H,9,11-12H2,1H3. The maximum absolute atomic E-state index is 13.2. The molecule has 2 atom stereocenters. The molecule has 1 aromatic carbocycles. The molecule has 1 saturated heterocycles. The van der Waals surface area contributed by atoms with Gasteiger partial charge < -0.3 is 9.84 Å². The number of pyridine rings is 1. The summed E-state index contributed by atoms with van der Waals surface area (Å²) in [5.41, 5.74) is 0.342. The van der Waals surface area contributed by atoms with Crippen LogP contribution in [0.3, 0.4) is 0 Å². The summed E-state index contributed by atoms with van der Waals surface area (Å²) in [6.07, 6.45) is 0.208. The topological polar surface area (TPSA) is 161 Å². The van der Waals surface area contributed by atoms with E-state index < -0.39 is 56.8 Å². The van der Waals surface area contributed by atoms with Crippen molar-refractivity contribution in [1.29, 1.82) is 0 Å². The summed E-state index contributed by atoms with van der Waals surface area (Å²) in [5, 5.41) is 21.4. The Labute approximate surface area is 193 Å². The molecule has 12 nitrogen and oxygen atoms in total. The van der Waals surface area contributed by atoms with Crippen LogP contribution < -0.4 is 5.56 Å². The van der Waals surface area contributed by atoms with Gasteiger partial charge in [0.2, 0.25) is 0 Å². The summed E-state index contributed by atoms with van der Waals surface area (Å²) in [4.78, 5) is 39.3. The first-order chi connectivity index (χ1) is 16.1. The molecule has 0 spiro atoms. The van der Waals surface area contributed by atoms with E-state index in [2.05, 4.69) is 4.98 Å². The highest BCUT2D eigenvalue weighted by Gasteiger charge is 2.46. The van der Waals surface area contributed by atoms with Crippen LogP contribution >= 0.6 is 0 Å². The second-order valence-electron chi connectivity index (χ2n) is 7.83. The van der Waals surface area contributed by atoms with Gasteiger partial charge in [0, 0.05) is 31.3 Å². The normalized spacial score (nSPS) is 18.8. The van der Waals surface area contributed by atoms with Crippen molar-refractivity contribution in [2.24, 2.45) is 0 Å². The van der Waals surface area contributed by atoms with E-state index >= 15 is 0 Å². The summed E-state index contributed by atoms with van der Waals surface area (Å²) in [6.45, 7) is 0.995. The van der Waals surface area contributed by atoms with Gasteiger partial charge in [-0.3, -0.25) is 24.1 Å². The minimum absolute atomic E-state index is 0.161. The number of ether oxygens (including phenoxy) is 1. The third-order valence-corrected chi connectivity index (χ3v) is 7.30. The molecule has 0 aliphatic carbocycles. The Balaban J connectivity index is 1.57. The number of rotatable bonds is 6. The minimum Gasteiger partial charge on any atom is -0.458 e. The van der Waals surface area contributed by atoms with Crippen LogP contribution in [0, 0.1) is 17.0 Å². The number of carbonyl (C=O) groups excluding carboxylic acids is 1. The number of β-amino-alcohol motifs (C(OH)–C–C–N with tert-alkyl or cyclic N) is 1. The van der Waals surface area contributed by atoms with E-state index in [4.69, 9.17) is 4.74 Å². The third kappa shape index (κ3) is 4.40. The van der Waals surface area contributed by atoms with Gasteiger partial charge in [0.25, 0.3) is 21.3 Å². The molecule has 0 bridgehead atoms. The fourth-order valence-corrected chi connectivity index (χ4v) is 5.58. The number of para-hydroxylation sites is 1. The van der Waals surface area contributed by atoms with Gasteiger partial charge in [-0.25, -0.2) is 13.4 Å². The van der Waals surface area contributed by atoms with E-state index in [1.807, 2.05) is 6.92 Å². The number of esters is 1. The number of hydrogen-bond donors (Lipinski definition) is 1. The van der Waals surface area contributed by atoms with Gasteiger partial charge >= 0.3 is 5.97 Å². The number of hydrogen-bond acceptors (Lipinski definition) is 9. The number of aromatic nitrogens is 2. The number of nitro benzene ring substituents is 1. The fraction of sp³-hybridized carbons (Fsp3) is 0.286. The molecule has 0 radical (unpaired) electrons.